The highest BCUT2D eigenvalue weighted by Gasteiger charge is 2.34. The van der Waals surface area contributed by atoms with Crippen molar-refractivity contribution in [2.24, 2.45) is 5.73 Å². The number of hydrogen-bond donors (Lipinski definition) is 1. The van der Waals surface area contributed by atoms with Crippen LogP contribution in [0.3, 0.4) is 0 Å². The molecule has 0 bridgehead atoms. The molecule has 8 heteroatoms. The van der Waals surface area contributed by atoms with Crippen molar-refractivity contribution in [3.63, 3.8) is 0 Å². The van der Waals surface area contributed by atoms with Crippen LogP contribution < -0.4 is 24.7 Å². The molecule has 1 aliphatic rings. The van der Waals surface area contributed by atoms with E-state index < -0.39 is 11.9 Å². The molecule has 5 rings (SSSR count). The van der Waals surface area contributed by atoms with E-state index in [0.717, 1.165) is 10.9 Å². The number of ether oxygens (including phenoxy) is 4. The van der Waals surface area contributed by atoms with E-state index in [-0.39, 0.29) is 23.0 Å². The van der Waals surface area contributed by atoms with Gasteiger partial charge in [0, 0.05) is 28.1 Å². The summed E-state index contributed by atoms with van der Waals surface area (Å²) in [5, 5.41) is 10.7. The highest BCUT2D eigenvalue weighted by Crippen LogP contribution is 2.48. The highest BCUT2D eigenvalue weighted by atomic mass is 16.5. The summed E-state index contributed by atoms with van der Waals surface area (Å²) in [6.45, 7) is 3.77. The van der Waals surface area contributed by atoms with Gasteiger partial charge >= 0.3 is 5.97 Å². The van der Waals surface area contributed by atoms with Crippen molar-refractivity contribution in [1.82, 2.24) is 0 Å². The lowest BCUT2D eigenvalue weighted by Gasteiger charge is -2.28. The highest BCUT2D eigenvalue weighted by molar-refractivity contribution is 5.97. The second-order valence-corrected chi connectivity index (χ2v) is 8.65. The number of carbonyl (C=O) groups excluding carboxylic acids is 1. The van der Waals surface area contributed by atoms with Crippen LogP contribution in [0.4, 0.5) is 0 Å². The summed E-state index contributed by atoms with van der Waals surface area (Å²) < 4.78 is 28.3. The molecule has 8 nitrogen and oxygen atoms in total. The third kappa shape index (κ3) is 4.00. The Balaban J connectivity index is 1.53. The number of esters is 1. The number of carbonyl (C=O) groups is 1. The molecule has 1 aromatic heterocycles. The van der Waals surface area contributed by atoms with Gasteiger partial charge in [-0.25, -0.2) is 4.79 Å². The van der Waals surface area contributed by atoms with Gasteiger partial charge in [0.25, 0.3) is 0 Å². The maximum atomic E-state index is 13.0. The first-order chi connectivity index (χ1) is 17.9. The van der Waals surface area contributed by atoms with Gasteiger partial charge in [-0.05, 0) is 37.6 Å². The first-order valence-corrected chi connectivity index (χ1v) is 11.5. The molecule has 0 saturated carbocycles. The largest absolute Gasteiger partial charge is 0.493 e. The van der Waals surface area contributed by atoms with Gasteiger partial charge in [0.15, 0.2) is 11.5 Å². The van der Waals surface area contributed by atoms with E-state index in [1.807, 2.05) is 44.2 Å². The number of furan rings is 1. The number of nitriles is 1. The molecule has 0 radical (unpaired) electrons. The number of nitrogens with zero attached hydrogens (tertiary/aromatic N) is 1. The van der Waals surface area contributed by atoms with E-state index >= 15 is 0 Å². The van der Waals surface area contributed by atoms with Crippen molar-refractivity contribution < 1.29 is 28.2 Å². The zero-order valence-corrected chi connectivity index (χ0v) is 20.7. The molecule has 3 aromatic carbocycles. The molecule has 1 atom stereocenters. The monoisotopic (exact) mass is 496 g/mol. The predicted molar refractivity (Wildman–Crippen MR) is 136 cm³/mol. The van der Waals surface area contributed by atoms with Gasteiger partial charge in [0.1, 0.15) is 28.7 Å². The molecular weight excluding hydrogens is 472 g/mol. The van der Waals surface area contributed by atoms with E-state index in [9.17, 15) is 10.1 Å². The number of nitrogens with two attached hydrogens (primary N) is 1. The van der Waals surface area contributed by atoms with Gasteiger partial charge in [-0.1, -0.05) is 30.3 Å². The Kier molecular flexibility index (Phi) is 5.98. The number of rotatable bonds is 5. The van der Waals surface area contributed by atoms with Crippen LogP contribution in [0.25, 0.3) is 11.0 Å². The van der Waals surface area contributed by atoms with Gasteiger partial charge in [-0.2, -0.15) is 5.26 Å². The SMILES string of the molecule is COc1cccc(C2C(C#N)=C(N)Oc3cc(OC(=O)c4oc5cc(C)ccc5c4C)ccc32)c1OC. The number of para-hydroxylation sites is 1. The van der Waals surface area contributed by atoms with Crippen LogP contribution in [0.1, 0.15) is 38.7 Å². The molecule has 0 fully saturated rings. The molecule has 1 aliphatic heterocycles. The first kappa shape index (κ1) is 23.8. The van der Waals surface area contributed by atoms with Crippen molar-refractivity contribution in [3.8, 4) is 29.1 Å². The quantitative estimate of drug-likeness (QED) is 0.284. The third-order valence-electron chi connectivity index (χ3n) is 6.42. The molecule has 1 unspecified atom stereocenters. The van der Waals surface area contributed by atoms with Crippen molar-refractivity contribution >= 4 is 16.9 Å². The average Bonchev–Trinajstić information content (AvgIpc) is 3.22. The number of allylic oxidation sites excluding steroid dienone is 1. The first-order valence-electron chi connectivity index (χ1n) is 11.5. The van der Waals surface area contributed by atoms with E-state index in [4.69, 9.17) is 29.1 Å². The van der Waals surface area contributed by atoms with Gasteiger partial charge in [-0.3, -0.25) is 0 Å². The van der Waals surface area contributed by atoms with Crippen LogP contribution in [0, 0.1) is 25.2 Å². The van der Waals surface area contributed by atoms with Crippen LogP contribution in [-0.2, 0) is 0 Å². The van der Waals surface area contributed by atoms with Gasteiger partial charge in [0.05, 0.1) is 20.1 Å². The molecule has 0 amide bonds. The van der Waals surface area contributed by atoms with Crippen molar-refractivity contribution in [2.45, 2.75) is 19.8 Å². The summed E-state index contributed by atoms with van der Waals surface area (Å²) in [5.74, 6) is 0.471. The number of benzene rings is 3. The smallest absolute Gasteiger partial charge is 0.379 e. The topological polar surface area (TPSA) is 117 Å². The third-order valence-corrected chi connectivity index (χ3v) is 6.42. The minimum absolute atomic E-state index is 0.0446. The van der Waals surface area contributed by atoms with Gasteiger partial charge in [-0.15, -0.1) is 0 Å². The number of hydrogen-bond acceptors (Lipinski definition) is 8. The Morgan fingerprint density at radius 1 is 1.03 bits per heavy atom. The number of methoxy groups -OCH3 is 2. The lowest BCUT2D eigenvalue weighted by atomic mass is 9.83. The fourth-order valence-corrected chi connectivity index (χ4v) is 4.64. The summed E-state index contributed by atoms with van der Waals surface area (Å²) in [5.41, 5.74) is 10.1. The van der Waals surface area contributed by atoms with E-state index in [1.54, 1.807) is 31.4 Å². The van der Waals surface area contributed by atoms with Gasteiger partial charge < -0.3 is 29.1 Å². The normalized spacial score (nSPS) is 14.5. The van der Waals surface area contributed by atoms with Crippen LogP contribution in [0.5, 0.6) is 23.0 Å². The molecule has 0 aliphatic carbocycles. The minimum atomic E-state index is -0.630. The van der Waals surface area contributed by atoms with Gasteiger partial charge in [0.2, 0.25) is 11.6 Å². The molecule has 0 saturated heterocycles. The average molecular weight is 497 g/mol. The lowest BCUT2D eigenvalue weighted by Crippen LogP contribution is -2.21. The molecule has 2 heterocycles. The van der Waals surface area contributed by atoms with Crippen molar-refractivity contribution in [1.29, 1.82) is 5.26 Å². The zero-order valence-electron chi connectivity index (χ0n) is 20.7. The summed E-state index contributed by atoms with van der Waals surface area (Å²) in [7, 11) is 3.07. The second-order valence-electron chi connectivity index (χ2n) is 8.65. The Hall–Kier alpha value is -4.90. The molecular formula is C29H24N2O6. The molecule has 0 spiro atoms. The summed E-state index contributed by atoms with van der Waals surface area (Å²) in [6, 6.07) is 18.3. The Labute approximate surface area is 213 Å². The standard InChI is InChI=1S/C29H24N2O6/c1-15-8-10-18-16(2)26(36-23(18)12-15)29(32)35-17-9-11-19-24(13-17)37-28(31)21(14-30)25(19)20-6-5-7-22(33-3)27(20)34-4/h5-13,25H,31H2,1-4H3. The molecule has 37 heavy (non-hydrogen) atoms. The summed E-state index contributed by atoms with van der Waals surface area (Å²) in [4.78, 5) is 13.0. The van der Waals surface area contributed by atoms with Crippen LogP contribution in [0.2, 0.25) is 0 Å². The van der Waals surface area contributed by atoms with Crippen LogP contribution in [0.15, 0.2) is 70.5 Å². The van der Waals surface area contributed by atoms with E-state index in [1.165, 1.54) is 7.11 Å². The maximum Gasteiger partial charge on any atom is 0.379 e. The van der Waals surface area contributed by atoms with Crippen LogP contribution >= 0.6 is 0 Å². The second kappa shape index (κ2) is 9.28. The predicted octanol–water partition coefficient (Wildman–Crippen LogP) is 5.50. The zero-order chi connectivity index (χ0) is 26.3. The van der Waals surface area contributed by atoms with Crippen molar-refractivity contribution in [3.05, 3.63) is 94.1 Å². The lowest BCUT2D eigenvalue weighted by molar-refractivity contribution is 0.0702. The fourth-order valence-electron chi connectivity index (χ4n) is 4.64. The molecule has 2 N–H and O–H groups in total. The Bertz CT molecular complexity index is 1630. The molecule has 4 aromatic rings. The summed E-state index contributed by atoms with van der Waals surface area (Å²) in [6.07, 6.45) is 0. The molecule has 186 valence electrons. The maximum absolute atomic E-state index is 13.0. The number of fused-ring (bicyclic) bond motifs is 2. The number of aryl methyl sites for hydroxylation is 2. The Morgan fingerprint density at radius 3 is 2.57 bits per heavy atom. The van der Waals surface area contributed by atoms with E-state index in [2.05, 4.69) is 6.07 Å². The van der Waals surface area contributed by atoms with Crippen molar-refractivity contribution in [2.75, 3.05) is 14.2 Å². The Morgan fingerprint density at radius 2 is 1.84 bits per heavy atom. The minimum Gasteiger partial charge on any atom is -0.493 e. The van der Waals surface area contributed by atoms with E-state index in [0.29, 0.717) is 39.5 Å². The fraction of sp³-hybridized carbons (Fsp3) is 0.172. The summed E-state index contributed by atoms with van der Waals surface area (Å²) >= 11 is 0. The van der Waals surface area contributed by atoms with Crippen LogP contribution in [-0.4, -0.2) is 20.2 Å².